The predicted octanol–water partition coefficient (Wildman–Crippen LogP) is 0.508. The van der Waals surface area contributed by atoms with Crippen LogP contribution in [0.2, 0.25) is 0 Å². The van der Waals surface area contributed by atoms with Crippen LogP contribution in [0.1, 0.15) is 18.4 Å². The van der Waals surface area contributed by atoms with Gasteiger partial charge in [-0.1, -0.05) is 12.1 Å². The van der Waals surface area contributed by atoms with E-state index in [1.807, 2.05) is 0 Å². The van der Waals surface area contributed by atoms with Crippen LogP contribution in [-0.4, -0.2) is 35.2 Å². The summed E-state index contributed by atoms with van der Waals surface area (Å²) in [5.74, 6) is -0.616. The molecular formula is C18H19N3O6S2. The van der Waals surface area contributed by atoms with Crippen molar-refractivity contribution in [3.8, 4) is 0 Å². The number of rotatable bonds is 7. The molecule has 2 amide bonds. The molecular weight excluding hydrogens is 418 g/mol. The average Bonchev–Trinajstić information content (AvgIpc) is 3.00. The molecule has 29 heavy (non-hydrogen) atoms. The summed E-state index contributed by atoms with van der Waals surface area (Å²) in [5, 5.41) is 5.03. The molecule has 2 aromatic rings. The van der Waals surface area contributed by atoms with E-state index in [9.17, 15) is 26.4 Å². The molecule has 0 unspecified atom stereocenters. The molecule has 0 spiro atoms. The molecule has 3 rings (SSSR count). The molecule has 1 aliphatic rings. The zero-order valence-electron chi connectivity index (χ0n) is 15.2. The van der Waals surface area contributed by atoms with E-state index in [1.165, 1.54) is 36.4 Å². The highest BCUT2D eigenvalue weighted by molar-refractivity contribution is 7.89. The number of carbonyl (C=O) groups excluding carboxylic acids is 2. The van der Waals surface area contributed by atoms with Crippen LogP contribution in [0.3, 0.4) is 0 Å². The molecule has 0 saturated carbocycles. The minimum atomic E-state index is -3.78. The van der Waals surface area contributed by atoms with E-state index >= 15 is 0 Å². The number of sulfonamides is 2. The highest BCUT2D eigenvalue weighted by Gasteiger charge is 2.30. The van der Waals surface area contributed by atoms with Crippen molar-refractivity contribution in [2.24, 2.45) is 5.14 Å². The van der Waals surface area contributed by atoms with Gasteiger partial charge in [0.1, 0.15) is 0 Å². The van der Waals surface area contributed by atoms with E-state index in [-0.39, 0.29) is 41.0 Å². The van der Waals surface area contributed by atoms with Crippen LogP contribution >= 0.6 is 0 Å². The molecule has 154 valence electrons. The molecule has 0 aromatic heterocycles. The standard InChI is InChI=1S/C18H19N3O6S2/c19-28(24,25)15-5-1-13(2-6-15)11-12-20-29(26,27)16-7-3-14(4-8-16)21-17(22)9-10-18(21)23/h1-8,20H,9-12H2,(H2,19,24,25). The fraction of sp³-hybridized carbons (Fsp3) is 0.222. The first-order chi connectivity index (χ1) is 13.6. The molecule has 0 radical (unpaired) electrons. The largest absolute Gasteiger partial charge is 0.274 e. The third-order valence-corrected chi connectivity index (χ3v) is 6.82. The molecule has 11 heteroatoms. The number of carbonyl (C=O) groups is 2. The Hall–Kier alpha value is -2.60. The summed E-state index contributed by atoms with van der Waals surface area (Å²) >= 11 is 0. The number of imide groups is 1. The number of hydrogen-bond donors (Lipinski definition) is 2. The van der Waals surface area contributed by atoms with Gasteiger partial charge in [-0.3, -0.25) is 14.5 Å². The Kier molecular flexibility index (Phi) is 5.85. The summed E-state index contributed by atoms with van der Waals surface area (Å²) in [6, 6.07) is 11.3. The molecule has 0 bridgehead atoms. The lowest BCUT2D eigenvalue weighted by Gasteiger charge is -2.14. The van der Waals surface area contributed by atoms with Gasteiger partial charge in [-0.05, 0) is 48.4 Å². The second-order valence-electron chi connectivity index (χ2n) is 6.45. The van der Waals surface area contributed by atoms with Gasteiger partial charge in [0.25, 0.3) is 0 Å². The monoisotopic (exact) mass is 437 g/mol. The Labute approximate surface area is 168 Å². The summed E-state index contributed by atoms with van der Waals surface area (Å²) in [6.45, 7) is 0.0991. The van der Waals surface area contributed by atoms with Gasteiger partial charge in [0.2, 0.25) is 31.9 Å². The molecule has 9 nitrogen and oxygen atoms in total. The van der Waals surface area contributed by atoms with Crippen LogP contribution < -0.4 is 14.8 Å². The first kappa shape index (κ1) is 21.1. The van der Waals surface area contributed by atoms with Crippen molar-refractivity contribution in [2.75, 3.05) is 11.4 Å². The fourth-order valence-electron chi connectivity index (χ4n) is 2.90. The fourth-order valence-corrected chi connectivity index (χ4v) is 4.45. The van der Waals surface area contributed by atoms with Gasteiger partial charge < -0.3 is 0 Å². The van der Waals surface area contributed by atoms with Gasteiger partial charge in [0, 0.05) is 19.4 Å². The molecule has 1 fully saturated rings. The topological polar surface area (TPSA) is 144 Å². The summed E-state index contributed by atoms with van der Waals surface area (Å²) in [7, 11) is -7.56. The minimum absolute atomic E-state index is 0.00455. The maximum Gasteiger partial charge on any atom is 0.240 e. The summed E-state index contributed by atoms with van der Waals surface area (Å²) in [6.07, 6.45) is 0.649. The Balaban J connectivity index is 1.62. The lowest BCUT2D eigenvalue weighted by molar-refractivity contribution is -0.121. The molecule has 0 aliphatic carbocycles. The number of hydrogen-bond acceptors (Lipinski definition) is 6. The number of nitrogens with two attached hydrogens (primary N) is 1. The van der Waals surface area contributed by atoms with Crippen molar-refractivity contribution in [2.45, 2.75) is 29.1 Å². The number of benzene rings is 2. The quantitative estimate of drug-likeness (QED) is 0.604. The lowest BCUT2D eigenvalue weighted by atomic mass is 10.2. The van der Waals surface area contributed by atoms with Crippen molar-refractivity contribution < 1.29 is 26.4 Å². The number of primary sulfonamides is 1. The molecule has 0 atom stereocenters. The molecule has 1 aliphatic heterocycles. The number of nitrogens with zero attached hydrogens (tertiary/aromatic N) is 1. The maximum absolute atomic E-state index is 12.4. The van der Waals surface area contributed by atoms with Crippen LogP contribution in [0.15, 0.2) is 58.3 Å². The lowest BCUT2D eigenvalue weighted by Crippen LogP contribution is -2.29. The minimum Gasteiger partial charge on any atom is -0.274 e. The molecule has 1 heterocycles. The van der Waals surface area contributed by atoms with E-state index in [0.29, 0.717) is 12.1 Å². The Bertz CT molecular complexity index is 1130. The second-order valence-corrected chi connectivity index (χ2v) is 9.78. The predicted molar refractivity (Wildman–Crippen MR) is 105 cm³/mol. The van der Waals surface area contributed by atoms with Gasteiger partial charge in [-0.15, -0.1) is 0 Å². The zero-order chi connectivity index (χ0) is 21.2. The third kappa shape index (κ3) is 4.88. The van der Waals surface area contributed by atoms with Gasteiger partial charge >= 0.3 is 0 Å². The first-order valence-corrected chi connectivity index (χ1v) is 11.7. The number of nitrogens with one attached hydrogen (secondary N) is 1. The average molecular weight is 437 g/mol. The molecule has 3 N–H and O–H groups in total. The Morgan fingerprint density at radius 1 is 0.828 bits per heavy atom. The second kappa shape index (κ2) is 8.03. The third-order valence-electron chi connectivity index (χ3n) is 4.41. The van der Waals surface area contributed by atoms with Crippen molar-refractivity contribution in [1.82, 2.24) is 4.72 Å². The van der Waals surface area contributed by atoms with Crippen molar-refractivity contribution >= 4 is 37.5 Å². The highest BCUT2D eigenvalue weighted by atomic mass is 32.2. The normalized spacial score (nSPS) is 15.1. The Morgan fingerprint density at radius 3 is 1.86 bits per heavy atom. The Morgan fingerprint density at radius 2 is 1.34 bits per heavy atom. The van der Waals surface area contributed by atoms with Gasteiger partial charge in [0.05, 0.1) is 15.5 Å². The summed E-state index contributed by atoms with van der Waals surface area (Å²) < 4.78 is 49.8. The first-order valence-electron chi connectivity index (χ1n) is 8.65. The van der Waals surface area contributed by atoms with E-state index in [4.69, 9.17) is 5.14 Å². The van der Waals surface area contributed by atoms with E-state index < -0.39 is 20.0 Å². The molecule has 2 aromatic carbocycles. The number of anilines is 1. The zero-order valence-corrected chi connectivity index (χ0v) is 16.9. The van der Waals surface area contributed by atoms with Gasteiger partial charge in [0.15, 0.2) is 0 Å². The maximum atomic E-state index is 12.4. The van der Waals surface area contributed by atoms with Crippen LogP contribution in [0, 0.1) is 0 Å². The van der Waals surface area contributed by atoms with Crippen LogP contribution in [0.4, 0.5) is 5.69 Å². The van der Waals surface area contributed by atoms with E-state index in [0.717, 1.165) is 10.5 Å². The van der Waals surface area contributed by atoms with Crippen molar-refractivity contribution in [3.63, 3.8) is 0 Å². The van der Waals surface area contributed by atoms with Gasteiger partial charge in [-0.2, -0.15) is 0 Å². The summed E-state index contributed by atoms with van der Waals surface area (Å²) in [4.78, 5) is 24.5. The van der Waals surface area contributed by atoms with E-state index in [1.54, 1.807) is 12.1 Å². The van der Waals surface area contributed by atoms with Gasteiger partial charge in [-0.25, -0.2) is 26.7 Å². The SMILES string of the molecule is NS(=O)(=O)c1ccc(CCNS(=O)(=O)c2ccc(N3C(=O)CCC3=O)cc2)cc1. The van der Waals surface area contributed by atoms with Crippen LogP contribution in [-0.2, 0) is 36.1 Å². The molecule has 1 saturated heterocycles. The highest BCUT2D eigenvalue weighted by Crippen LogP contribution is 2.24. The smallest absolute Gasteiger partial charge is 0.240 e. The van der Waals surface area contributed by atoms with Crippen LogP contribution in [0.25, 0.3) is 0 Å². The van der Waals surface area contributed by atoms with Crippen molar-refractivity contribution in [1.29, 1.82) is 0 Å². The van der Waals surface area contributed by atoms with E-state index in [2.05, 4.69) is 4.72 Å². The van der Waals surface area contributed by atoms with Crippen LogP contribution in [0.5, 0.6) is 0 Å². The van der Waals surface area contributed by atoms with Crippen molar-refractivity contribution in [3.05, 3.63) is 54.1 Å². The number of amides is 2. The summed E-state index contributed by atoms with van der Waals surface area (Å²) in [5.41, 5.74) is 1.08.